The molecule has 0 radical (unpaired) electrons. The number of anilines is 1. The van der Waals surface area contributed by atoms with E-state index in [0.717, 1.165) is 16.8 Å². The molecule has 1 aromatic heterocycles. The molecule has 0 bridgehead atoms. The minimum absolute atomic E-state index is 0.104. The number of allylic oxidation sites excluding steroid dienone is 2. The van der Waals surface area contributed by atoms with Gasteiger partial charge in [-0.3, -0.25) is 9.36 Å². The van der Waals surface area contributed by atoms with Crippen LogP contribution in [0.25, 0.3) is 23.2 Å². The summed E-state index contributed by atoms with van der Waals surface area (Å²) >= 11 is 0. The highest BCUT2D eigenvalue weighted by Crippen LogP contribution is 2.26. The van der Waals surface area contributed by atoms with E-state index in [2.05, 4.69) is 11.5 Å². The second-order valence-electron chi connectivity index (χ2n) is 7.21. The summed E-state index contributed by atoms with van der Waals surface area (Å²) < 4.78 is 7.20. The van der Waals surface area contributed by atoms with Crippen LogP contribution in [0, 0.1) is 6.92 Å². The summed E-state index contributed by atoms with van der Waals surface area (Å²) in [6.45, 7) is 8.42. The van der Waals surface area contributed by atoms with E-state index in [-0.39, 0.29) is 5.56 Å². The molecule has 3 aromatic rings. The molecule has 5 heteroatoms. The Morgan fingerprint density at radius 3 is 2.40 bits per heavy atom. The number of morpholine rings is 1. The first kappa shape index (κ1) is 19.9. The number of aromatic nitrogens is 2. The number of hydrogen-bond acceptors (Lipinski definition) is 4. The van der Waals surface area contributed by atoms with Gasteiger partial charge in [-0.05, 0) is 25.1 Å². The van der Waals surface area contributed by atoms with Gasteiger partial charge in [-0.2, -0.15) is 0 Å². The van der Waals surface area contributed by atoms with Gasteiger partial charge in [0, 0.05) is 18.7 Å². The molecule has 1 fully saturated rings. The Balaban J connectivity index is 2.02. The lowest BCUT2D eigenvalue weighted by molar-refractivity contribution is 0.122. The smallest absolute Gasteiger partial charge is 0.267 e. The van der Waals surface area contributed by atoms with Crippen molar-refractivity contribution in [2.75, 3.05) is 31.2 Å². The predicted molar refractivity (Wildman–Crippen MR) is 122 cm³/mol. The zero-order valence-corrected chi connectivity index (χ0v) is 17.1. The van der Waals surface area contributed by atoms with Crippen molar-refractivity contribution in [1.29, 1.82) is 0 Å². The van der Waals surface area contributed by atoms with Gasteiger partial charge in [0.05, 0.1) is 24.5 Å². The molecule has 2 heterocycles. The number of ether oxygens (including phenoxy) is 1. The second-order valence-corrected chi connectivity index (χ2v) is 7.21. The van der Waals surface area contributed by atoms with Crippen LogP contribution in [0.4, 0.5) is 5.82 Å². The molecule has 0 spiro atoms. The van der Waals surface area contributed by atoms with Crippen LogP contribution >= 0.6 is 0 Å². The van der Waals surface area contributed by atoms with Crippen molar-refractivity contribution < 1.29 is 4.74 Å². The first-order valence-corrected chi connectivity index (χ1v) is 10.1. The van der Waals surface area contributed by atoms with Gasteiger partial charge in [0.2, 0.25) is 0 Å². The molecule has 1 saturated heterocycles. The second kappa shape index (κ2) is 8.93. The zero-order chi connectivity index (χ0) is 20.9. The van der Waals surface area contributed by atoms with Crippen molar-refractivity contribution >= 4 is 11.9 Å². The minimum Gasteiger partial charge on any atom is -0.378 e. The molecule has 4 rings (SSSR count). The van der Waals surface area contributed by atoms with Crippen LogP contribution in [0.3, 0.4) is 0 Å². The first-order valence-electron chi connectivity index (χ1n) is 10.1. The Kier molecular flexibility index (Phi) is 5.91. The van der Waals surface area contributed by atoms with E-state index < -0.39 is 0 Å². The fourth-order valence-corrected chi connectivity index (χ4v) is 3.56. The van der Waals surface area contributed by atoms with Gasteiger partial charge in [-0.25, -0.2) is 4.98 Å². The Bertz CT molecular complexity index is 1110. The maximum atomic E-state index is 13.8. The van der Waals surface area contributed by atoms with Crippen molar-refractivity contribution in [3.8, 4) is 17.1 Å². The van der Waals surface area contributed by atoms with Crippen LogP contribution < -0.4 is 10.5 Å². The summed E-state index contributed by atoms with van der Waals surface area (Å²) in [5.74, 6) is 1.31. The van der Waals surface area contributed by atoms with Crippen LogP contribution in [0.2, 0.25) is 0 Å². The van der Waals surface area contributed by atoms with Gasteiger partial charge in [0.15, 0.2) is 0 Å². The fourth-order valence-electron chi connectivity index (χ4n) is 3.56. The van der Waals surface area contributed by atoms with Crippen molar-refractivity contribution in [3.05, 3.63) is 94.8 Å². The quantitative estimate of drug-likeness (QED) is 0.602. The van der Waals surface area contributed by atoms with E-state index >= 15 is 0 Å². The summed E-state index contributed by atoms with van der Waals surface area (Å²) in [6.07, 6.45) is 5.25. The highest BCUT2D eigenvalue weighted by molar-refractivity contribution is 5.69. The zero-order valence-electron chi connectivity index (χ0n) is 17.1. The van der Waals surface area contributed by atoms with E-state index in [1.165, 1.54) is 0 Å². The molecule has 0 amide bonds. The highest BCUT2D eigenvalue weighted by atomic mass is 16.5. The van der Waals surface area contributed by atoms with Crippen LogP contribution in [0.5, 0.6) is 0 Å². The van der Waals surface area contributed by atoms with Crippen LogP contribution in [0.15, 0.2) is 78.1 Å². The number of aryl methyl sites for hydroxylation is 1. The van der Waals surface area contributed by atoms with Gasteiger partial charge < -0.3 is 9.64 Å². The Morgan fingerprint density at radius 1 is 1.03 bits per heavy atom. The van der Waals surface area contributed by atoms with Crippen molar-refractivity contribution in [2.45, 2.75) is 6.92 Å². The average Bonchev–Trinajstić information content (AvgIpc) is 2.80. The minimum atomic E-state index is -0.104. The molecule has 0 atom stereocenters. The maximum absolute atomic E-state index is 13.8. The molecule has 0 aliphatic carbocycles. The van der Waals surface area contributed by atoms with Crippen molar-refractivity contribution in [2.24, 2.45) is 0 Å². The molecule has 152 valence electrons. The summed E-state index contributed by atoms with van der Waals surface area (Å²) in [7, 11) is 0. The summed E-state index contributed by atoms with van der Waals surface area (Å²) in [5.41, 5.74) is 3.27. The third kappa shape index (κ3) is 3.98. The van der Waals surface area contributed by atoms with Crippen LogP contribution in [-0.2, 0) is 4.74 Å². The van der Waals surface area contributed by atoms with Crippen LogP contribution in [-0.4, -0.2) is 35.9 Å². The van der Waals surface area contributed by atoms with Crippen molar-refractivity contribution in [1.82, 2.24) is 9.55 Å². The maximum Gasteiger partial charge on any atom is 0.267 e. The lowest BCUT2D eigenvalue weighted by atomic mass is 10.1. The highest BCUT2D eigenvalue weighted by Gasteiger charge is 2.22. The average molecular weight is 399 g/mol. The van der Waals surface area contributed by atoms with E-state index in [0.29, 0.717) is 43.5 Å². The predicted octanol–water partition coefficient (Wildman–Crippen LogP) is 4.24. The standard InChI is InChI=1S/C25H25N3O2/c1-3-4-10-22-24(27-15-17-30-18-16-27)26-23(20-8-6-5-7-9-20)28(25(22)29)21-13-11-19(2)12-14-21/h3-14H,1,15-18H2,2H3/b10-4+. The van der Waals surface area contributed by atoms with E-state index in [1.54, 1.807) is 22.8 Å². The molecular weight excluding hydrogens is 374 g/mol. The Hall–Kier alpha value is -3.44. The molecule has 1 aliphatic heterocycles. The molecule has 5 nitrogen and oxygen atoms in total. The summed E-state index contributed by atoms with van der Waals surface area (Å²) in [4.78, 5) is 20.9. The summed E-state index contributed by atoms with van der Waals surface area (Å²) in [5, 5.41) is 0. The molecular formula is C25H25N3O2. The van der Waals surface area contributed by atoms with E-state index in [1.807, 2.05) is 61.5 Å². The van der Waals surface area contributed by atoms with Crippen LogP contribution in [0.1, 0.15) is 11.1 Å². The topological polar surface area (TPSA) is 47.4 Å². The SMILES string of the molecule is C=C/C=C/c1c(N2CCOCC2)nc(-c2ccccc2)n(-c2ccc(C)cc2)c1=O. The normalized spacial score (nSPS) is 14.2. The van der Waals surface area contributed by atoms with Gasteiger partial charge in [0.25, 0.3) is 5.56 Å². The molecule has 0 saturated carbocycles. The monoisotopic (exact) mass is 399 g/mol. The number of nitrogens with zero attached hydrogens (tertiary/aromatic N) is 3. The van der Waals surface area contributed by atoms with Crippen molar-refractivity contribution in [3.63, 3.8) is 0 Å². The molecule has 0 unspecified atom stereocenters. The lowest BCUT2D eigenvalue weighted by Crippen LogP contribution is -2.39. The van der Waals surface area contributed by atoms with E-state index in [4.69, 9.17) is 9.72 Å². The Labute approximate surface area is 176 Å². The van der Waals surface area contributed by atoms with Gasteiger partial charge >= 0.3 is 0 Å². The Morgan fingerprint density at radius 2 is 1.73 bits per heavy atom. The number of benzene rings is 2. The fraction of sp³-hybridized carbons (Fsp3) is 0.200. The van der Waals surface area contributed by atoms with Gasteiger partial charge in [-0.1, -0.05) is 66.8 Å². The van der Waals surface area contributed by atoms with Gasteiger partial charge in [0.1, 0.15) is 11.6 Å². The first-order chi connectivity index (χ1) is 14.7. The molecule has 0 N–H and O–H groups in total. The number of rotatable bonds is 5. The van der Waals surface area contributed by atoms with E-state index in [9.17, 15) is 4.79 Å². The summed E-state index contributed by atoms with van der Waals surface area (Å²) in [6, 6.07) is 17.8. The largest absolute Gasteiger partial charge is 0.378 e. The molecule has 1 aliphatic rings. The van der Waals surface area contributed by atoms with Gasteiger partial charge in [-0.15, -0.1) is 0 Å². The third-order valence-electron chi connectivity index (χ3n) is 5.13. The number of hydrogen-bond donors (Lipinski definition) is 0. The molecule has 30 heavy (non-hydrogen) atoms. The lowest BCUT2D eigenvalue weighted by Gasteiger charge is -2.30. The third-order valence-corrected chi connectivity index (χ3v) is 5.13. The molecule has 2 aromatic carbocycles.